The Bertz CT molecular complexity index is 861. The summed E-state index contributed by atoms with van der Waals surface area (Å²) >= 11 is 0. The number of hydrogen-bond acceptors (Lipinski definition) is 4. The minimum absolute atomic E-state index is 0.150. The van der Waals surface area contributed by atoms with E-state index in [-0.39, 0.29) is 17.2 Å². The van der Waals surface area contributed by atoms with E-state index in [0.717, 1.165) is 37.9 Å². The second kappa shape index (κ2) is 10.3. The Morgan fingerprint density at radius 1 is 1.10 bits per heavy atom. The summed E-state index contributed by atoms with van der Waals surface area (Å²) in [6.45, 7) is 2.18. The number of carbonyl (C=O) groups is 1. The lowest BCUT2D eigenvalue weighted by atomic mass is 9.90. The largest absolute Gasteiger partial charge is 0.508 e. The fourth-order valence-electron chi connectivity index (χ4n) is 3.63. The second-order valence-electron chi connectivity index (χ2n) is 7.50. The van der Waals surface area contributed by atoms with Crippen LogP contribution < -0.4 is 5.32 Å². The van der Waals surface area contributed by atoms with E-state index in [9.17, 15) is 15.2 Å². The van der Waals surface area contributed by atoms with Crippen LogP contribution in [0.1, 0.15) is 24.0 Å². The van der Waals surface area contributed by atoms with Gasteiger partial charge in [0, 0.05) is 25.8 Å². The summed E-state index contributed by atoms with van der Waals surface area (Å²) in [6.07, 6.45) is 5.56. The van der Waals surface area contributed by atoms with Crippen molar-refractivity contribution in [2.24, 2.45) is 5.92 Å². The zero-order chi connectivity index (χ0) is 20.5. The van der Waals surface area contributed by atoms with Gasteiger partial charge >= 0.3 is 0 Å². The molecule has 1 amide bonds. The zero-order valence-electron chi connectivity index (χ0n) is 16.6. The Kier molecular flexibility index (Phi) is 7.29. The van der Waals surface area contributed by atoms with Crippen LogP contribution in [0.15, 0.2) is 66.4 Å². The van der Waals surface area contributed by atoms with Gasteiger partial charge in [-0.05, 0) is 54.9 Å². The molecule has 1 heterocycles. The van der Waals surface area contributed by atoms with Gasteiger partial charge in [0.25, 0.3) is 5.91 Å². The van der Waals surface area contributed by atoms with E-state index in [4.69, 9.17) is 0 Å². The van der Waals surface area contributed by atoms with Crippen LogP contribution in [0.3, 0.4) is 0 Å². The van der Waals surface area contributed by atoms with Crippen LogP contribution in [0.25, 0.3) is 0 Å². The highest BCUT2D eigenvalue weighted by atomic mass is 16.3. The molecule has 0 aliphatic carbocycles. The van der Waals surface area contributed by atoms with Gasteiger partial charge in [-0.3, -0.25) is 4.79 Å². The predicted octanol–water partition coefficient (Wildman–Crippen LogP) is 3.41. The first-order valence-corrected chi connectivity index (χ1v) is 10.1. The Morgan fingerprint density at radius 3 is 2.45 bits per heavy atom. The molecule has 150 valence electrons. The maximum atomic E-state index is 12.3. The van der Waals surface area contributed by atoms with Gasteiger partial charge in [-0.1, -0.05) is 42.5 Å². The number of nitriles is 1. The third-order valence-corrected chi connectivity index (χ3v) is 5.33. The number of hydrogen-bond donors (Lipinski definition) is 2. The van der Waals surface area contributed by atoms with Crippen molar-refractivity contribution < 1.29 is 9.90 Å². The highest BCUT2D eigenvalue weighted by Gasteiger charge is 2.19. The molecule has 1 fully saturated rings. The van der Waals surface area contributed by atoms with Crippen molar-refractivity contribution in [2.75, 3.05) is 19.6 Å². The summed E-state index contributed by atoms with van der Waals surface area (Å²) < 4.78 is 0. The smallest absolute Gasteiger partial charge is 0.263 e. The van der Waals surface area contributed by atoms with Gasteiger partial charge < -0.3 is 15.3 Å². The number of likely N-dealkylation sites (tertiary alicyclic amines) is 1. The fraction of sp³-hybridized carbons (Fsp3) is 0.333. The standard InChI is InChI=1S/C24H27N3O2/c25-17-22(24(29)26-13-10-19-6-8-23(28)9-7-19)18-27-14-11-21(12-15-27)16-20-4-2-1-3-5-20/h1-9,18,21,28H,10-16H2,(H,26,29)/b22-18-. The molecule has 0 unspecified atom stereocenters. The van der Waals surface area contributed by atoms with Crippen LogP contribution in [-0.2, 0) is 17.6 Å². The van der Waals surface area contributed by atoms with Crippen LogP contribution in [0.2, 0.25) is 0 Å². The Hall–Kier alpha value is -3.26. The maximum Gasteiger partial charge on any atom is 0.263 e. The number of phenolic OH excluding ortho intramolecular Hbond substituents is 1. The lowest BCUT2D eigenvalue weighted by molar-refractivity contribution is -0.117. The molecule has 2 N–H and O–H groups in total. The van der Waals surface area contributed by atoms with E-state index >= 15 is 0 Å². The van der Waals surface area contributed by atoms with Crippen LogP contribution >= 0.6 is 0 Å². The molecule has 0 bridgehead atoms. The first kappa shape index (κ1) is 20.5. The maximum absolute atomic E-state index is 12.3. The van der Waals surface area contributed by atoms with Gasteiger partial charge in [-0.2, -0.15) is 5.26 Å². The van der Waals surface area contributed by atoms with E-state index in [1.807, 2.05) is 24.3 Å². The number of carbonyl (C=O) groups excluding carboxylic acids is 1. The lowest BCUT2D eigenvalue weighted by Gasteiger charge is -2.31. The zero-order valence-corrected chi connectivity index (χ0v) is 16.6. The molecule has 0 radical (unpaired) electrons. The Labute approximate surface area is 172 Å². The minimum Gasteiger partial charge on any atom is -0.508 e. The van der Waals surface area contributed by atoms with Gasteiger partial charge in [0.2, 0.25) is 0 Å². The molecule has 1 saturated heterocycles. The fourth-order valence-corrected chi connectivity index (χ4v) is 3.63. The SMILES string of the molecule is N#C/C(=C/N1CCC(Cc2ccccc2)CC1)C(=O)NCCc1ccc(O)cc1. The molecule has 2 aromatic rings. The van der Waals surface area contributed by atoms with Gasteiger partial charge in [-0.15, -0.1) is 0 Å². The normalized spacial score (nSPS) is 15.0. The van der Waals surface area contributed by atoms with Crippen molar-refractivity contribution in [1.82, 2.24) is 10.2 Å². The molecule has 0 saturated carbocycles. The van der Waals surface area contributed by atoms with Crippen LogP contribution in [0, 0.1) is 17.2 Å². The summed E-state index contributed by atoms with van der Waals surface area (Å²) in [6, 6.07) is 19.5. The van der Waals surface area contributed by atoms with Crippen molar-refractivity contribution in [3.05, 3.63) is 77.5 Å². The molecule has 5 heteroatoms. The summed E-state index contributed by atoms with van der Waals surface area (Å²) in [5.74, 6) is 0.532. The van der Waals surface area contributed by atoms with Gasteiger partial charge in [0.15, 0.2) is 0 Å². The summed E-state index contributed by atoms with van der Waals surface area (Å²) in [5, 5.41) is 21.5. The van der Waals surface area contributed by atoms with Crippen molar-refractivity contribution in [3.8, 4) is 11.8 Å². The van der Waals surface area contributed by atoms with E-state index < -0.39 is 0 Å². The van der Waals surface area contributed by atoms with E-state index in [0.29, 0.717) is 18.9 Å². The Balaban J connectivity index is 1.45. The molecule has 1 aliphatic heterocycles. The monoisotopic (exact) mass is 389 g/mol. The molecule has 0 atom stereocenters. The van der Waals surface area contributed by atoms with Crippen LogP contribution in [-0.4, -0.2) is 35.5 Å². The van der Waals surface area contributed by atoms with E-state index in [2.05, 4.69) is 34.5 Å². The highest BCUT2D eigenvalue weighted by molar-refractivity contribution is 5.97. The van der Waals surface area contributed by atoms with Crippen LogP contribution in [0.4, 0.5) is 0 Å². The van der Waals surface area contributed by atoms with Crippen molar-refractivity contribution in [3.63, 3.8) is 0 Å². The first-order chi connectivity index (χ1) is 14.1. The van der Waals surface area contributed by atoms with E-state index in [1.54, 1.807) is 18.3 Å². The number of amides is 1. The average Bonchev–Trinajstić information content (AvgIpc) is 2.75. The van der Waals surface area contributed by atoms with Crippen LogP contribution in [0.5, 0.6) is 5.75 Å². The van der Waals surface area contributed by atoms with Crippen molar-refractivity contribution >= 4 is 5.91 Å². The molecule has 5 nitrogen and oxygen atoms in total. The van der Waals surface area contributed by atoms with E-state index in [1.165, 1.54) is 5.56 Å². The lowest BCUT2D eigenvalue weighted by Crippen LogP contribution is -2.33. The topological polar surface area (TPSA) is 76.4 Å². The van der Waals surface area contributed by atoms with Crippen molar-refractivity contribution in [1.29, 1.82) is 5.26 Å². The molecule has 2 aromatic carbocycles. The number of rotatable bonds is 7. The minimum atomic E-state index is -0.335. The number of nitrogens with zero attached hydrogens (tertiary/aromatic N) is 2. The molecule has 1 aliphatic rings. The molecule has 29 heavy (non-hydrogen) atoms. The van der Waals surface area contributed by atoms with Gasteiger partial charge in [0.05, 0.1) is 0 Å². The number of nitrogens with one attached hydrogen (secondary N) is 1. The summed E-state index contributed by atoms with van der Waals surface area (Å²) in [7, 11) is 0. The quantitative estimate of drug-likeness (QED) is 0.562. The molecular weight excluding hydrogens is 362 g/mol. The third kappa shape index (κ3) is 6.39. The predicted molar refractivity (Wildman–Crippen MR) is 113 cm³/mol. The molecule has 0 aromatic heterocycles. The van der Waals surface area contributed by atoms with Gasteiger partial charge in [-0.25, -0.2) is 0 Å². The molecule has 0 spiro atoms. The molecule has 3 rings (SSSR count). The number of aromatic hydroxyl groups is 1. The third-order valence-electron chi connectivity index (χ3n) is 5.33. The number of piperidine rings is 1. The number of benzene rings is 2. The first-order valence-electron chi connectivity index (χ1n) is 10.1. The van der Waals surface area contributed by atoms with Crippen molar-refractivity contribution in [2.45, 2.75) is 25.7 Å². The Morgan fingerprint density at radius 2 is 1.79 bits per heavy atom. The number of phenols is 1. The van der Waals surface area contributed by atoms with Gasteiger partial charge in [0.1, 0.15) is 17.4 Å². The summed E-state index contributed by atoms with van der Waals surface area (Å²) in [5.41, 5.74) is 2.54. The molecular formula is C24H27N3O2. The average molecular weight is 389 g/mol. The second-order valence-corrected chi connectivity index (χ2v) is 7.50. The highest BCUT2D eigenvalue weighted by Crippen LogP contribution is 2.22. The summed E-state index contributed by atoms with van der Waals surface area (Å²) in [4.78, 5) is 14.4.